The van der Waals surface area contributed by atoms with Gasteiger partial charge in [0.15, 0.2) is 0 Å². The summed E-state index contributed by atoms with van der Waals surface area (Å²) in [6, 6.07) is 5.90. The molecule has 0 spiro atoms. The predicted molar refractivity (Wildman–Crippen MR) is 57.6 cm³/mol. The van der Waals surface area contributed by atoms with Gasteiger partial charge in [-0.1, -0.05) is 31.7 Å². The zero-order valence-corrected chi connectivity index (χ0v) is 8.97. The van der Waals surface area contributed by atoms with Gasteiger partial charge in [0.1, 0.15) is 0 Å². The lowest BCUT2D eigenvalue weighted by Gasteiger charge is -2.24. The van der Waals surface area contributed by atoms with Gasteiger partial charge >= 0.3 is 0 Å². The summed E-state index contributed by atoms with van der Waals surface area (Å²) < 4.78 is 0. The Morgan fingerprint density at radius 1 is 1.38 bits per heavy atom. The Balaban J connectivity index is 2.68. The molecule has 0 fully saturated rings. The van der Waals surface area contributed by atoms with E-state index in [0.29, 0.717) is 0 Å². The molecule has 2 N–H and O–H groups in total. The van der Waals surface area contributed by atoms with Crippen LogP contribution in [0.25, 0.3) is 0 Å². The average Bonchev–Trinajstić information content (AvgIpc) is 2.19. The number of thioether (sulfide) groups is 1. The first-order chi connectivity index (χ1) is 6.20. The summed E-state index contributed by atoms with van der Waals surface area (Å²) in [4.78, 5) is 4.08. The van der Waals surface area contributed by atoms with E-state index < -0.39 is 0 Å². The molecule has 1 heterocycles. The van der Waals surface area contributed by atoms with Gasteiger partial charge in [0.2, 0.25) is 0 Å². The lowest BCUT2D eigenvalue weighted by atomic mass is 10.2. The van der Waals surface area contributed by atoms with Gasteiger partial charge in [-0.3, -0.25) is 0 Å². The first-order valence-electron chi connectivity index (χ1n) is 4.59. The van der Waals surface area contributed by atoms with Crippen LogP contribution in [0.3, 0.4) is 0 Å². The van der Waals surface area contributed by atoms with Gasteiger partial charge in [0.25, 0.3) is 0 Å². The molecule has 0 amide bonds. The first-order valence-corrected chi connectivity index (χ1v) is 5.41. The number of nitrogens with zero attached hydrogens (tertiary/aromatic N) is 1. The molecular formula is C10H16N2S. The smallest absolute Gasteiger partial charge is 0.0977 e. The molecule has 0 saturated carbocycles. The fourth-order valence-corrected chi connectivity index (χ4v) is 1.98. The Kier molecular flexibility index (Phi) is 3.75. The summed E-state index contributed by atoms with van der Waals surface area (Å²) in [7, 11) is 0. The number of nitrogens with two attached hydrogens (primary N) is 1. The van der Waals surface area contributed by atoms with E-state index in [-0.39, 0.29) is 4.87 Å². The van der Waals surface area contributed by atoms with Gasteiger partial charge < -0.3 is 5.73 Å². The van der Waals surface area contributed by atoms with Crippen LogP contribution in [-0.2, 0) is 0 Å². The zero-order valence-electron chi connectivity index (χ0n) is 8.16. The van der Waals surface area contributed by atoms with E-state index in [1.54, 1.807) is 18.0 Å². The minimum Gasteiger partial charge on any atom is -0.316 e. The van der Waals surface area contributed by atoms with Crippen LogP contribution >= 0.6 is 11.8 Å². The van der Waals surface area contributed by atoms with Crippen LogP contribution in [-0.4, -0.2) is 9.85 Å². The normalized spacial score (nSPS) is 11.6. The Morgan fingerprint density at radius 3 is 2.54 bits per heavy atom. The summed E-state index contributed by atoms with van der Waals surface area (Å²) >= 11 is 1.66. The molecule has 0 atom stereocenters. The summed E-state index contributed by atoms with van der Waals surface area (Å²) in [5.41, 5.74) is 6.15. The average molecular weight is 196 g/mol. The van der Waals surface area contributed by atoms with Crippen molar-refractivity contribution in [1.82, 2.24) is 4.98 Å². The highest BCUT2D eigenvalue weighted by molar-refractivity contribution is 8.00. The molecule has 2 nitrogen and oxygen atoms in total. The van der Waals surface area contributed by atoms with Crippen molar-refractivity contribution in [2.24, 2.45) is 5.73 Å². The largest absolute Gasteiger partial charge is 0.316 e. The second kappa shape index (κ2) is 4.63. The van der Waals surface area contributed by atoms with Crippen LogP contribution < -0.4 is 5.73 Å². The van der Waals surface area contributed by atoms with Crippen LogP contribution in [0.2, 0.25) is 0 Å². The number of aromatic nitrogens is 1. The fraction of sp³-hybridized carbons (Fsp3) is 0.500. The number of rotatable bonds is 4. The van der Waals surface area contributed by atoms with E-state index in [1.807, 2.05) is 18.2 Å². The quantitative estimate of drug-likeness (QED) is 0.594. The van der Waals surface area contributed by atoms with Crippen LogP contribution in [0.1, 0.15) is 26.7 Å². The van der Waals surface area contributed by atoms with Gasteiger partial charge in [-0.2, -0.15) is 0 Å². The molecule has 0 aliphatic carbocycles. The first kappa shape index (κ1) is 10.5. The molecule has 0 aromatic carbocycles. The zero-order chi connectivity index (χ0) is 9.73. The highest BCUT2D eigenvalue weighted by Crippen LogP contribution is 2.32. The molecule has 3 heteroatoms. The summed E-state index contributed by atoms with van der Waals surface area (Å²) in [6.07, 6.45) is 3.73. The Labute approximate surface area is 83.9 Å². The van der Waals surface area contributed by atoms with Gasteiger partial charge in [0.05, 0.1) is 9.90 Å². The number of pyridine rings is 1. The molecule has 0 bridgehead atoms. The molecular weight excluding hydrogens is 180 g/mol. The highest BCUT2D eigenvalue weighted by atomic mass is 32.2. The van der Waals surface area contributed by atoms with Gasteiger partial charge in [0, 0.05) is 6.20 Å². The maximum absolute atomic E-state index is 6.15. The Bertz CT molecular complexity index is 244. The third kappa shape index (κ3) is 3.01. The van der Waals surface area contributed by atoms with E-state index in [4.69, 9.17) is 5.73 Å². The van der Waals surface area contributed by atoms with Crippen LogP contribution in [0.15, 0.2) is 29.4 Å². The second-order valence-electron chi connectivity index (χ2n) is 3.04. The molecule has 0 aliphatic heterocycles. The minimum atomic E-state index is -0.158. The van der Waals surface area contributed by atoms with Crippen LogP contribution in [0.4, 0.5) is 0 Å². The highest BCUT2D eigenvalue weighted by Gasteiger charge is 2.21. The molecule has 0 aliphatic rings. The van der Waals surface area contributed by atoms with E-state index in [1.165, 1.54) is 0 Å². The summed E-state index contributed by atoms with van der Waals surface area (Å²) in [6.45, 7) is 4.22. The standard InChI is InChI=1S/C10H16N2S/c1-3-10(11,4-2)13-9-7-5-6-8-12-9/h5-8H,3-4,11H2,1-2H3. The third-order valence-corrected chi connectivity index (χ3v) is 3.58. The maximum Gasteiger partial charge on any atom is 0.0977 e. The van der Waals surface area contributed by atoms with E-state index in [9.17, 15) is 0 Å². The molecule has 0 unspecified atom stereocenters. The fourth-order valence-electron chi connectivity index (χ4n) is 1.01. The maximum atomic E-state index is 6.15. The molecule has 1 aromatic rings. The molecule has 1 rings (SSSR count). The lowest BCUT2D eigenvalue weighted by Crippen LogP contribution is -2.34. The van der Waals surface area contributed by atoms with Crippen molar-refractivity contribution in [3.05, 3.63) is 24.4 Å². The minimum absolute atomic E-state index is 0.158. The van der Waals surface area contributed by atoms with Crippen molar-refractivity contribution >= 4 is 11.8 Å². The second-order valence-corrected chi connectivity index (χ2v) is 4.48. The van der Waals surface area contributed by atoms with Crippen LogP contribution in [0.5, 0.6) is 0 Å². The van der Waals surface area contributed by atoms with Crippen molar-refractivity contribution in [3.63, 3.8) is 0 Å². The van der Waals surface area contributed by atoms with Gasteiger partial charge in [-0.05, 0) is 25.0 Å². The predicted octanol–water partition coefficient (Wildman–Crippen LogP) is 2.65. The number of hydrogen-bond acceptors (Lipinski definition) is 3. The molecule has 72 valence electrons. The van der Waals surface area contributed by atoms with Gasteiger partial charge in [-0.25, -0.2) is 4.98 Å². The van der Waals surface area contributed by atoms with Crippen molar-refractivity contribution in [2.45, 2.75) is 36.6 Å². The molecule has 0 saturated heterocycles. The molecule has 1 aromatic heterocycles. The monoisotopic (exact) mass is 196 g/mol. The summed E-state index contributed by atoms with van der Waals surface area (Å²) in [5, 5.41) is 1.01. The summed E-state index contributed by atoms with van der Waals surface area (Å²) in [5.74, 6) is 0. The van der Waals surface area contributed by atoms with Crippen LogP contribution in [0, 0.1) is 0 Å². The topological polar surface area (TPSA) is 38.9 Å². The number of hydrogen-bond donors (Lipinski definition) is 1. The molecule has 0 radical (unpaired) electrons. The third-order valence-electron chi connectivity index (χ3n) is 2.14. The molecule has 13 heavy (non-hydrogen) atoms. The van der Waals surface area contributed by atoms with E-state index >= 15 is 0 Å². The van der Waals surface area contributed by atoms with Crippen molar-refractivity contribution < 1.29 is 0 Å². The van der Waals surface area contributed by atoms with Crippen molar-refractivity contribution in [2.75, 3.05) is 0 Å². The Hall–Kier alpha value is -0.540. The van der Waals surface area contributed by atoms with Gasteiger partial charge in [-0.15, -0.1) is 0 Å². The lowest BCUT2D eigenvalue weighted by molar-refractivity contribution is 0.570. The SMILES string of the molecule is CCC(N)(CC)Sc1ccccn1. The van der Waals surface area contributed by atoms with Crippen molar-refractivity contribution in [3.8, 4) is 0 Å². The van der Waals surface area contributed by atoms with E-state index in [0.717, 1.165) is 17.9 Å². The van der Waals surface area contributed by atoms with E-state index in [2.05, 4.69) is 18.8 Å². The Morgan fingerprint density at radius 2 is 2.08 bits per heavy atom. The van der Waals surface area contributed by atoms with Crippen molar-refractivity contribution in [1.29, 1.82) is 0 Å².